The molecular formula is C12H15BrN4. The Morgan fingerprint density at radius 2 is 2.18 bits per heavy atom. The third-order valence-corrected chi connectivity index (χ3v) is 3.22. The molecular weight excluding hydrogens is 280 g/mol. The van der Waals surface area contributed by atoms with E-state index in [0.717, 1.165) is 28.1 Å². The van der Waals surface area contributed by atoms with Gasteiger partial charge in [-0.15, -0.1) is 0 Å². The van der Waals surface area contributed by atoms with Crippen LogP contribution >= 0.6 is 15.9 Å². The lowest BCUT2D eigenvalue weighted by Gasteiger charge is -2.08. The summed E-state index contributed by atoms with van der Waals surface area (Å²) in [4.78, 5) is 0. The van der Waals surface area contributed by atoms with Crippen molar-refractivity contribution in [2.75, 3.05) is 18.4 Å². The second-order valence-corrected chi connectivity index (χ2v) is 4.58. The summed E-state index contributed by atoms with van der Waals surface area (Å²) < 4.78 is 2.93. The summed E-state index contributed by atoms with van der Waals surface area (Å²) in [7, 11) is 0. The fourth-order valence-corrected chi connectivity index (χ4v) is 2.11. The highest BCUT2D eigenvalue weighted by Gasteiger charge is 2.09. The number of para-hydroxylation sites is 1. The summed E-state index contributed by atoms with van der Waals surface area (Å²) >= 11 is 3.53. The molecule has 0 fully saturated rings. The number of aromatic nitrogens is 2. The summed E-state index contributed by atoms with van der Waals surface area (Å²) in [5.41, 5.74) is 8.60. The number of hydrogen-bond acceptors (Lipinski definition) is 3. The lowest BCUT2D eigenvalue weighted by atomic mass is 10.3. The van der Waals surface area contributed by atoms with Gasteiger partial charge in [-0.1, -0.05) is 12.1 Å². The number of nitrogens with zero attached hydrogens (tertiary/aromatic N) is 2. The second kappa shape index (κ2) is 5.33. The van der Waals surface area contributed by atoms with Crippen molar-refractivity contribution >= 4 is 21.6 Å². The first-order chi connectivity index (χ1) is 8.24. The fraction of sp³-hybridized carbons (Fsp3) is 0.250. The van der Waals surface area contributed by atoms with E-state index in [1.54, 1.807) is 0 Å². The number of halogens is 1. The van der Waals surface area contributed by atoms with E-state index < -0.39 is 0 Å². The molecule has 1 heterocycles. The molecule has 0 radical (unpaired) electrons. The van der Waals surface area contributed by atoms with Gasteiger partial charge in [0.25, 0.3) is 0 Å². The minimum Gasteiger partial charge on any atom is -0.381 e. The second-order valence-electron chi connectivity index (χ2n) is 3.72. The number of hydrogen-bond donors (Lipinski definition) is 2. The van der Waals surface area contributed by atoms with Crippen LogP contribution in [0.2, 0.25) is 0 Å². The van der Waals surface area contributed by atoms with Crippen LogP contribution in [0.1, 0.15) is 5.69 Å². The van der Waals surface area contributed by atoms with Gasteiger partial charge in [0, 0.05) is 17.6 Å². The van der Waals surface area contributed by atoms with E-state index in [-0.39, 0.29) is 0 Å². The highest BCUT2D eigenvalue weighted by Crippen LogP contribution is 2.24. The van der Waals surface area contributed by atoms with E-state index in [0.29, 0.717) is 6.54 Å². The molecule has 0 aliphatic carbocycles. The SMILES string of the molecule is Cc1c(NCCN)cnn1-c1ccccc1Br. The monoisotopic (exact) mass is 294 g/mol. The highest BCUT2D eigenvalue weighted by atomic mass is 79.9. The van der Waals surface area contributed by atoms with Crippen LogP contribution < -0.4 is 11.1 Å². The predicted octanol–water partition coefficient (Wildman–Crippen LogP) is 2.31. The lowest BCUT2D eigenvalue weighted by Crippen LogP contribution is -2.13. The van der Waals surface area contributed by atoms with E-state index in [2.05, 4.69) is 26.3 Å². The minimum absolute atomic E-state index is 0.611. The predicted molar refractivity (Wildman–Crippen MR) is 73.5 cm³/mol. The molecule has 0 aliphatic rings. The molecule has 0 saturated heterocycles. The smallest absolute Gasteiger partial charge is 0.0791 e. The van der Waals surface area contributed by atoms with Gasteiger partial charge in [-0.05, 0) is 35.0 Å². The normalized spacial score (nSPS) is 10.5. The Hall–Kier alpha value is -1.33. The number of nitrogens with two attached hydrogens (primary N) is 1. The maximum atomic E-state index is 5.47. The molecule has 0 unspecified atom stereocenters. The van der Waals surface area contributed by atoms with Gasteiger partial charge in [0.15, 0.2) is 0 Å². The molecule has 3 N–H and O–H groups in total. The Kier molecular flexibility index (Phi) is 3.81. The third kappa shape index (κ3) is 2.50. The van der Waals surface area contributed by atoms with Crippen LogP contribution in [0, 0.1) is 6.92 Å². The maximum Gasteiger partial charge on any atom is 0.0791 e. The standard InChI is InChI=1S/C12H15BrN4/c1-9-11(15-7-6-14)8-16-17(9)12-5-3-2-4-10(12)13/h2-5,8,15H,6-7,14H2,1H3. The van der Waals surface area contributed by atoms with Crippen molar-refractivity contribution < 1.29 is 0 Å². The lowest BCUT2D eigenvalue weighted by molar-refractivity contribution is 0.843. The zero-order valence-corrected chi connectivity index (χ0v) is 11.2. The van der Waals surface area contributed by atoms with Crippen molar-refractivity contribution in [1.29, 1.82) is 0 Å². The van der Waals surface area contributed by atoms with Crippen molar-refractivity contribution in [2.45, 2.75) is 6.92 Å². The number of anilines is 1. The molecule has 0 saturated carbocycles. The zero-order chi connectivity index (χ0) is 12.3. The first-order valence-corrected chi connectivity index (χ1v) is 6.27. The molecule has 0 atom stereocenters. The van der Waals surface area contributed by atoms with Crippen molar-refractivity contribution in [1.82, 2.24) is 9.78 Å². The van der Waals surface area contributed by atoms with Crippen LogP contribution in [0.5, 0.6) is 0 Å². The van der Waals surface area contributed by atoms with Crippen LogP contribution in [-0.2, 0) is 0 Å². The van der Waals surface area contributed by atoms with Gasteiger partial charge < -0.3 is 11.1 Å². The largest absolute Gasteiger partial charge is 0.381 e. The molecule has 0 aliphatic heterocycles. The molecule has 2 aromatic rings. The van der Waals surface area contributed by atoms with Gasteiger partial charge in [0.1, 0.15) is 0 Å². The Morgan fingerprint density at radius 1 is 1.41 bits per heavy atom. The molecule has 1 aromatic carbocycles. The first-order valence-electron chi connectivity index (χ1n) is 5.47. The molecule has 2 rings (SSSR count). The average Bonchev–Trinajstić information content (AvgIpc) is 2.69. The molecule has 0 spiro atoms. The molecule has 5 heteroatoms. The van der Waals surface area contributed by atoms with Gasteiger partial charge in [-0.25, -0.2) is 4.68 Å². The van der Waals surface area contributed by atoms with Crippen LogP contribution in [0.3, 0.4) is 0 Å². The van der Waals surface area contributed by atoms with E-state index in [1.807, 2.05) is 42.1 Å². The quantitative estimate of drug-likeness (QED) is 0.910. The van der Waals surface area contributed by atoms with E-state index in [9.17, 15) is 0 Å². The highest BCUT2D eigenvalue weighted by molar-refractivity contribution is 9.10. The van der Waals surface area contributed by atoms with Gasteiger partial charge in [-0.3, -0.25) is 0 Å². The molecule has 90 valence electrons. The Labute approximate surface area is 109 Å². The Bertz CT molecular complexity index is 507. The van der Waals surface area contributed by atoms with Crippen molar-refractivity contribution in [3.63, 3.8) is 0 Å². The van der Waals surface area contributed by atoms with E-state index >= 15 is 0 Å². The molecule has 17 heavy (non-hydrogen) atoms. The zero-order valence-electron chi connectivity index (χ0n) is 9.65. The van der Waals surface area contributed by atoms with E-state index in [4.69, 9.17) is 5.73 Å². The van der Waals surface area contributed by atoms with Gasteiger partial charge in [-0.2, -0.15) is 5.10 Å². The van der Waals surface area contributed by atoms with Crippen molar-refractivity contribution in [3.8, 4) is 5.69 Å². The first kappa shape index (κ1) is 12.1. The molecule has 4 nitrogen and oxygen atoms in total. The van der Waals surface area contributed by atoms with Crippen LogP contribution in [-0.4, -0.2) is 22.9 Å². The van der Waals surface area contributed by atoms with Crippen LogP contribution in [0.4, 0.5) is 5.69 Å². The summed E-state index contributed by atoms with van der Waals surface area (Å²) in [6, 6.07) is 8.01. The third-order valence-electron chi connectivity index (χ3n) is 2.55. The Balaban J connectivity index is 2.34. The topological polar surface area (TPSA) is 55.9 Å². The number of nitrogens with one attached hydrogen (secondary N) is 1. The maximum absolute atomic E-state index is 5.47. The van der Waals surface area contributed by atoms with Gasteiger partial charge in [0.2, 0.25) is 0 Å². The summed E-state index contributed by atoms with van der Waals surface area (Å²) in [5.74, 6) is 0. The van der Waals surface area contributed by atoms with Crippen LogP contribution in [0.25, 0.3) is 5.69 Å². The minimum atomic E-state index is 0.611. The van der Waals surface area contributed by atoms with Crippen molar-refractivity contribution in [2.24, 2.45) is 5.73 Å². The Morgan fingerprint density at radius 3 is 2.88 bits per heavy atom. The van der Waals surface area contributed by atoms with Crippen LogP contribution in [0.15, 0.2) is 34.9 Å². The summed E-state index contributed by atoms with van der Waals surface area (Å²) in [5, 5.41) is 7.63. The molecule has 1 aromatic heterocycles. The summed E-state index contributed by atoms with van der Waals surface area (Å²) in [6.45, 7) is 3.40. The van der Waals surface area contributed by atoms with Gasteiger partial charge in [0.05, 0.1) is 23.3 Å². The average molecular weight is 295 g/mol. The summed E-state index contributed by atoms with van der Waals surface area (Å²) in [6.07, 6.45) is 1.82. The number of benzene rings is 1. The van der Waals surface area contributed by atoms with E-state index in [1.165, 1.54) is 0 Å². The fourth-order valence-electron chi connectivity index (χ4n) is 1.66. The molecule has 0 bridgehead atoms. The number of rotatable bonds is 4. The van der Waals surface area contributed by atoms with Gasteiger partial charge >= 0.3 is 0 Å². The molecule has 0 amide bonds. The van der Waals surface area contributed by atoms with Crippen molar-refractivity contribution in [3.05, 3.63) is 40.6 Å².